The molecule has 0 aliphatic carbocycles. The van der Waals surface area contributed by atoms with Gasteiger partial charge < -0.3 is 10.3 Å². The van der Waals surface area contributed by atoms with E-state index in [2.05, 4.69) is 25.3 Å². The molecule has 2 N–H and O–H groups in total. The number of hydrogen-bond acceptors (Lipinski definition) is 5. The monoisotopic (exact) mass is 380 g/mol. The molecule has 3 heterocycles. The first kappa shape index (κ1) is 17.5. The van der Waals surface area contributed by atoms with E-state index in [0.717, 1.165) is 11.8 Å². The number of rotatable bonds is 4. The lowest BCUT2D eigenvalue weighted by Gasteiger charge is -2.15. The standard InChI is InChI=1S/C20H14F2N6.2H2/c1-11(13-2-4-14(21)5-3-13)27-20-17(22)10-26-19(28-20)16-9-25-18-15(16)6-12(7-23)8-24-18;;/h2-6,8-11H,1H3,(H,24,25)(H,26,27,28);2*1H/t11-;;/m0../s1. The summed E-state index contributed by atoms with van der Waals surface area (Å²) in [4.78, 5) is 15.5. The number of aromatic nitrogens is 4. The molecule has 4 rings (SSSR count). The Morgan fingerprint density at radius 3 is 2.71 bits per heavy atom. The second kappa shape index (κ2) is 7.04. The second-order valence-corrected chi connectivity index (χ2v) is 6.24. The molecule has 1 atom stereocenters. The minimum absolute atomic E-state index is 0. The van der Waals surface area contributed by atoms with Gasteiger partial charge in [0, 0.05) is 26.2 Å². The summed E-state index contributed by atoms with van der Waals surface area (Å²) in [6.07, 6.45) is 4.22. The average molecular weight is 380 g/mol. The summed E-state index contributed by atoms with van der Waals surface area (Å²) in [5.74, 6) is -0.622. The van der Waals surface area contributed by atoms with Crippen molar-refractivity contribution in [2.24, 2.45) is 0 Å². The highest BCUT2D eigenvalue weighted by molar-refractivity contribution is 5.92. The molecular weight excluding hydrogens is 362 g/mol. The van der Waals surface area contributed by atoms with Crippen molar-refractivity contribution in [1.82, 2.24) is 19.9 Å². The van der Waals surface area contributed by atoms with Crippen molar-refractivity contribution in [3.8, 4) is 17.5 Å². The maximum Gasteiger partial charge on any atom is 0.183 e. The molecule has 0 saturated carbocycles. The molecule has 0 aliphatic heterocycles. The van der Waals surface area contributed by atoms with Crippen LogP contribution in [0, 0.1) is 23.0 Å². The molecule has 4 aromatic rings. The Morgan fingerprint density at radius 1 is 1.18 bits per heavy atom. The van der Waals surface area contributed by atoms with Crippen LogP contribution in [0.4, 0.5) is 14.6 Å². The Hall–Kier alpha value is -3.86. The highest BCUT2D eigenvalue weighted by atomic mass is 19.1. The number of halogens is 2. The van der Waals surface area contributed by atoms with Gasteiger partial charge in [0.25, 0.3) is 0 Å². The largest absolute Gasteiger partial charge is 0.361 e. The van der Waals surface area contributed by atoms with E-state index >= 15 is 0 Å². The summed E-state index contributed by atoms with van der Waals surface area (Å²) in [6, 6.07) is 9.37. The fourth-order valence-electron chi connectivity index (χ4n) is 2.89. The van der Waals surface area contributed by atoms with Gasteiger partial charge in [0.15, 0.2) is 17.5 Å². The lowest BCUT2D eigenvalue weighted by atomic mass is 10.1. The van der Waals surface area contributed by atoms with Crippen LogP contribution in [0.5, 0.6) is 0 Å². The predicted molar refractivity (Wildman–Crippen MR) is 104 cm³/mol. The van der Waals surface area contributed by atoms with Gasteiger partial charge >= 0.3 is 0 Å². The number of benzene rings is 1. The average Bonchev–Trinajstić information content (AvgIpc) is 3.13. The summed E-state index contributed by atoms with van der Waals surface area (Å²) in [5.41, 5.74) is 2.38. The summed E-state index contributed by atoms with van der Waals surface area (Å²) < 4.78 is 27.4. The SMILES string of the molecule is C[C@H](Nc1nc(-c2c[nH]c3ncc(C#N)cc23)ncc1F)c1ccc(F)cc1.[HH].[HH]. The van der Waals surface area contributed by atoms with Crippen LogP contribution in [0.3, 0.4) is 0 Å². The smallest absolute Gasteiger partial charge is 0.183 e. The van der Waals surface area contributed by atoms with Crippen LogP contribution in [0.1, 0.15) is 26.9 Å². The van der Waals surface area contributed by atoms with Gasteiger partial charge in [-0.1, -0.05) is 12.1 Å². The number of nitrogens with one attached hydrogen (secondary N) is 2. The molecule has 0 radical (unpaired) electrons. The molecule has 6 nitrogen and oxygen atoms in total. The van der Waals surface area contributed by atoms with Crippen molar-refractivity contribution in [1.29, 1.82) is 5.26 Å². The van der Waals surface area contributed by atoms with Crippen LogP contribution in [0.2, 0.25) is 0 Å². The molecule has 142 valence electrons. The number of nitrogens with zero attached hydrogens (tertiary/aromatic N) is 4. The summed E-state index contributed by atoms with van der Waals surface area (Å²) in [5, 5.41) is 12.7. The van der Waals surface area contributed by atoms with E-state index in [9.17, 15) is 8.78 Å². The normalized spacial score (nSPS) is 11.9. The van der Waals surface area contributed by atoms with E-state index in [1.807, 2.05) is 13.0 Å². The maximum atomic E-state index is 14.3. The topological polar surface area (TPSA) is 90.3 Å². The number of aromatic amines is 1. The fraction of sp³-hybridized carbons (Fsp3) is 0.100. The fourth-order valence-corrected chi connectivity index (χ4v) is 2.89. The Morgan fingerprint density at radius 2 is 1.96 bits per heavy atom. The van der Waals surface area contributed by atoms with Crippen molar-refractivity contribution in [2.45, 2.75) is 13.0 Å². The van der Waals surface area contributed by atoms with Crippen LogP contribution in [0.25, 0.3) is 22.4 Å². The molecule has 0 fully saturated rings. The molecule has 8 heteroatoms. The van der Waals surface area contributed by atoms with Crippen molar-refractivity contribution in [2.75, 3.05) is 5.32 Å². The van der Waals surface area contributed by atoms with Crippen molar-refractivity contribution < 1.29 is 11.6 Å². The van der Waals surface area contributed by atoms with Gasteiger partial charge in [-0.25, -0.2) is 23.7 Å². The van der Waals surface area contributed by atoms with E-state index < -0.39 is 5.82 Å². The minimum atomic E-state index is -0.603. The van der Waals surface area contributed by atoms with Crippen LogP contribution >= 0.6 is 0 Å². The zero-order valence-corrected chi connectivity index (χ0v) is 14.7. The molecule has 0 aliphatic rings. The minimum Gasteiger partial charge on any atom is -0.361 e. The summed E-state index contributed by atoms with van der Waals surface area (Å²) in [7, 11) is 0. The van der Waals surface area contributed by atoms with Gasteiger partial charge in [0.2, 0.25) is 0 Å². The Labute approximate surface area is 161 Å². The van der Waals surface area contributed by atoms with Gasteiger partial charge in [-0.2, -0.15) is 5.26 Å². The third-order valence-electron chi connectivity index (χ3n) is 4.37. The van der Waals surface area contributed by atoms with E-state index in [1.54, 1.807) is 24.4 Å². The molecule has 0 amide bonds. The Kier molecular flexibility index (Phi) is 4.41. The van der Waals surface area contributed by atoms with Crippen LogP contribution in [-0.4, -0.2) is 19.9 Å². The van der Waals surface area contributed by atoms with E-state index in [-0.39, 0.29) is 20.5 Å². The van der Waals surface area contributed by atoms with Crippen LogP contribution in [-0.2, 0) is 0 Å². The number of hydrogen-bond donors (Lipinski definition) is 2. The third kappa shape index (κ3) is 3.25. The molecule has 28 heavy (non-hydrogen) atoms. The Bertz CT molecular complexity index is 1200. The van der Waals surface area contributed by atoms with E-state index in [1.165, 1.54) is 18.3 Å². The first-order chi connectivity index (χ1) is 13.5. The maximum absolute atomic E-state index is 14.3. The van der Waals surface area contributed by atoms with Crippen molar-refractivity contribution in [3.63, 3.8) is 0 Å². The molecule has 3 aromatic heterocycles. The van der Waals surface area contributed by atoms with Crippen LogP contribution in [0.15, 0.2) is 48.9 Å². The molecular formula is C20H18F2N6. The quantitative estimate of drug-likeness (QED) is 0.529. The van der Waals surface area contributed by atoms with E-state index in [4.69, 9.17) is 5.26 Å². The lowest BCUT2D eigenvalue weighted by molar-refractivity contribution is 0.613. The van der Waals surface area contributed by atoms with Gasteiger partial charge in [-0.05, 0) is 30.7 Å². The van der Waals surface area contributed by atoms with Crippen molar-refractivity contribution in [3.05, 3.63) is 71.7 Å². The number of fused-ring (bicyclic) bond motifs is 1. The summed E-state index contributed by atoms with van der Waals surface area (Å²) >= 11 is 0. The number of anilines is 1. The first-order valence-corrected chi connectivity index (χ1v) is 8.47. The lowest BCUT2D eigenvalue weighted by Crippen LogP contribution is -2.10. The second-order valence-electron chi connectivity index (χ2n) is 6.24. The molecule has 1 aromatic carbocycles. The number of pyridine rings is 1. The summed E-state index contributed by atoms with van der Waals surface area (Å²) in [6.45, 7) is 1.82. The highest BCUT2D eigenvalue weighted by Crippen LogP contribution is 2.28. The number of nitriles is 1. The first-order valence-electron chi connectivity index (χ1n) is 8.47. The molecule has 0 unspecified atom stereocenters. The van der Waals surface area contributed by atoms with Gasteiger partial charge in [-0.15, -0.1) is 0 Å². The molecule has 0 bridgehead atoms. The zero-order valence-electron chi connectivity index (χ0n) is 14.7. The third-order valence-corrected chi connectivity index (χ3v) is 4.37. The Balaban J connectivity index is 0.00000160. The molecule has 0 spiro atoms. The van der Waals surface area contributed by atoms with Crippen molar-refractivity contribution >= 4 is 16.9 Å². The molecule has 0 saturated heterocycles. The van der Waals surface area contributed by atoms with Gasteiger partial charge in [0.05, 0.1) is 17.8 Å². The van der Waals surface area contributed by atoms with Gasteiger partial charge in [-0.3, -0.25) is 0 Å². The zero-order chi connectivity index (χ0) is 19.7. The van der Waals surface area contributed by atoms with Crippen LogP contribution < -0.4 is 5.32 Å². The highest BCUT2D eigenvalue weighted by Gasteiger charge is 2.15. The predicted octanol–water partition coefficient (Wildman–Crippen LogP) is 4.83. The van der Waals surface area contributed by atoms with Gasteiger partial charge in [0.1, 0.15) is 17.5 Å². The number of H-pyrrole nitrogens is 1. The van der Waals surface area contributed by atoms with E-state index in [0.29, 0.717) is 28.0 Å².